The van der Waals surface area contributed by atoms with Crippen molar-refractivity contribution in [2.45, 2.75) is 83.1 Å². The van der Waals surface area contributed by atoms with Crippen LogP contribution in [0.3, 0.4) is 0 Å². The van der Waals surface area contributed by atoms with Crippen molar-refractivity contribution < 1.29 is 4.42 Å². The molecule has 0 aliphatic carbocycles. The van der Waals surface area contributed by atoms with Crippen molar-refractivity contribution >= 4 is 57.2 Å². The third kappa shape index (κ3) is 7.17. The summed E-state index contributed by atoms with van der Waals surface area (Å²) < 4.78 is 6.71. The second-order valence-corrected chi connectivity index (χ2v) is 21.3. The summed E-state index contributed by atoms with van der Waals surface area (Å²) in [6.07, 6.45) is 1.87. The Labute approximate surface area is 426 Å². The number of hydrogen-bond acceptors (Lipinski definition) is 3. The van der Waals surface area contributed by atoms with Gasteiger partial charge in [-0.1, -0.05) is 113 Å². The lowest BCUT2D eigenvalue weighted by Crippen LogP contribution is -2.61. The van der Waals surface area contributed by atoms with Crippen molar-refractivity contribution in [3.05, 3.63) is 219 Å². The van der Waals surface area contributed by atoms with Crippen LogP contribution in [0.15, 0.2) is 156 Å². The van der Waals surface area contributed by atoms with Crippen LogP contribution in [0.25, 0.3) is 66.6 Å². The quantitative estimate of drug-likeness (QED) is 0.155. The number of aryl methyl sites for hydroxylation is 12. The van der Waals surface area contributed by atoms with Crippen LogP contribution in [0.2, 0.25) is 0 Å². The van der Waals surface area contributed by atoms with Crippen molar-refractivity contribution in [1.29, 1.82) is 0 Å². The fraction of sp³-hybridized carbons (Fsp3) is 0.176. The number of hydrogen-bond donors (Lipinski definition) is 0. The highest BCUT2D eigenvalue weighted by atomic mass is 16.3. The van der Waals surface area contributed by atoms with Gasteiger partial charge in [-0.25, -0.2) is 0 Å². The first-order chi connectivity index (χ1) is 34.6. The second kappa shape index (κ2) is 16.9. The molecule has 2 aliphatic rings. The highest BCUT2D eigenvalue weighted by Crippen LogP contribution is 2.51. The Balaban J connectivity index is 1.16. The highest BCUT2D eigenvalue weighted by Gasteiger charge is 2.46. The summed E-state index contributed by atoms with van der Waals surface area (Å²) >= 11 is 0. The fourth-order valence-electron chi connectivity index (χ4n) is 13.4. The molecule has 0 bridgehead atoms. The third-order valence-electron chi connectivity index (χ3n) is 15.8. The number of furan rings is 1. The first-order valence-electron chi connectivity index (χ1n) is 25.6. The molecule has 0 atom stereocenters. The van der Waals surface area contributed by atoms with Crippen molar-refractivity contribution in [3.63, 3.8) is 0 Å². The minimum atomic E-state index is -0.200. The number of fused-ring (bicyclic) bond motifs is 6. The van der Waals surface area contributed by atoms with Crippen LogP contribution in [0.1, 0.15) is 66.8 Å². The van der Waals surface area contributed by atoms with Crippen LogP contribution in [0.5, 0.6) is 0 Å². The number of nitrogens with zero attached hydrogens (tertiary/aromatic N) is 2. The van der Waals surface area contributed by atoms with Gasteiger partial charge in [0.25, 0.3) is 0 Å². The summed E-state index contributed by atoms with van der Waals surface area (Å²) in [5, 5.41) is 1.08. The molecule has 352 valence electrons. The Bertz CT molecular complexity index is 3800. The first kappa shape index (κ1) is 45.3. The van der Waals surface area contributed by atoms with E-state index >= 15 is 0 Å². The van der Waals surface area contributed by atoms with Crippen LogP contribution in [-0.2, 0) is 0 Å². The molecule has 3 heterocycles. The number of rotatable bonds is 6. The van der Waals surface area contributed by atoms with Gasteiger partial charge < -0.3 is 14.1 Å². The maximum absolute atomic E-state index is 6.71. The van der Waals surface area contributed by atoms with Crippen molar-refractivity contribution in [3.8, 4) is 55.6 Å². The van der Waals surface area contributed by atoms with Crippen LogP contribution in [0.4, 0.5) is 28.4 Å². The van der Waals surface area contributed by atoms with Gasteiger partial charge in [0.1, 0.15) is 5.58 Å². The van der Waals surface area contributed by atoms with E-state index in [9.17, 15) is 0 Å². The zero-order chi connectivity index (χ0) is 50.0. The third-order valence-corrected chi connectivity index (χ3v) is 15.8. The van der Waals surface area contributed by atoms with Gasteiger partial charge in [0.05, 0.1) is 6.26 Å². The first-order valence-corrected chi connectivity index (χ1v) is 25.6. The molecule has 0 saturated heterocycles. The van der Waals surface area contributed by atoms with Crippen LogP contribution in [0, 0.1) is 83.1 Å². The predicted molar refractivity (Wildman–Crippen MR) is 309 cm³/mol. The molecule has 0 radical (unpaired) electrons. The lowest BCUT2D eigenvalue weighted by molar-refractivity contribution is 0.617. The van der Waals surface area contributed by atoms with Gasteiger partial charge in [0.15, 0.2) is 0 Å². The Morgan fingerprint density at radius 3 is 1.22 bits per heavy atom. The predicted octanol–water partition coefficient (Wildman–Crippen LogP) is 17.5. The molecular weight excluding hydrogens is 872 g/mol. The van der Waals surface area contributed by atoms with Gasteiger partial charge in [0, 0.05) is 45.0 Å². The highest BCUT2D eigenvalue weighted by molar-refractivity contribution is 6.94. The monoisotopic (exact) mass is 932 g/mol. The van der Waals surface area contributed by atoms with Crippen molar-refractivity contribution in [2.24, 2.45) is 0 Å². The molecule has 12 rings (SSSR count). The van der Waals surface area contributed by atoms with E-state index in [1.54, 1.807) is 0 Å². The summed E-state index contributed by atoms with van der Waals surface area (Å²) in [6.45, 7) is 26.6. The molecule has 0 unspecified atom stereocenters. The zero-order valence-electron chi connectivity index (χ0n) is 43.8. The van der Waals surface area contributed by atoms with Gasteiger partial charge in [-0.15, -0.1) is 0 Å². The minimum Gasteiger partial charge on any atom is -0.464 e. The minimum absolute atomic E-state index is 0.200. The topological polar surface area (TPSA) is 19.6 Å². The lowest BCUT2D eigenvalue weighted by Gasteiger charge is -2.46. The zero-order valence-corrected chi connectivity index (χ0v) is 43.8. The van der Waals surface area contributed by atoms with Crippen molar-refractivity contribution in [1.82, 2.24) is 0 Å². The molecule has 0 amide bonds. The maximum Gasteiger partial charge on any atom is 0.333 e. The van der Waals surface area contributed by atoms with Gasteiger partial charge in [0.2, 0.25) is 0 Å². The van der Waals surface area contributed by atoms with E-state index < -0.39 is 0 Å². The smallest absolute Gasteiger partial charge is 0.333 e. The SMILES string of the molecule is Cc1cc(C)c(-c2ccc(N3B4c5cc(-c6c(C)cc(C)cc6C)ccc5N(c5ccc(-c6c(C)cc(C)cc6C)cc5)c5cc6ccoc6c(c54)-c4cc(-c5c(C)cc(C)cc5C)ccc43)cc2)c(C)c1. The van der Waals surface area contributed by atoms with Gasteiger partial charge >= 0.3 is 6.85 Å². The number of benzene rings is 9. The molecule has 2 aliphatic heterocycles. The summed E-state index contributed by atoms with van der Waals surface area (Å²) in [6, 6.07) is 56.1. The molecule has 72 heavy (non-hydrogen) atoms. The Morgan fingerprint density at radius 2 is 0.750 bits per heavy atom. The van der Waals surface area contributed by atoms with E-state index in [-0.39, 0.29) is 6.85 Å². The average molecular weight is 933 g/mol. The molecule has 0 N–H and O–H groups in total. The molecule has 4 heteroatoms. The van der Waals surface area contributed by atoms with Crippen LogP contribution in [-0.4, -0.2) is 6.85 Å². The fourth-order valence-corrected chi connectivity index (χ4v) is 13.4. The van der Waals surface area contributed by atoms with Crippen LogP contribution >= 0.6 is 0 Å². The molecule has 9 aromatic carbocycles. The molecule has 3 nitrogen and oxygen atoms in total. The largest absolute Gasteiger partial charge is 0.464 e. The van der Waals surface area contributed by atoms with E-state index in [0.717, 1.165) is 39.3 Å². The molecule has 0 spiro atoms. The van der Waals surface area contributed by atoms with E-state index in [1.165, 1.54) is 133 Å². The molecule has 0 saturated carbocycles. The number of anilines is 5. The van der Waals surface area contributed by atoms with Gasteiger partial charge in [-0.2, -0.15) is 0 Å². The molecular formula is C68H61BN2O. The molecule has 1 aromatic heterocycles. The summed E-state index contributed by atoms with van der Waals surface area (Å²) in [5.41, 5.74) is 37.0. The summed E-state index contributed by atoms with van der Waals surface area (Å²) in [5.74, 6) is 0. The van der Waals surface area contributed by atoms with Crippen molar-refractivity contribution in [2.75, 3.05) is 9.71 Å². The normalized spacial score (nSPS) is 12.6. The summed E-state index contributed by atoms with van der Waals surface area (Å²) in [7, 11) is 0. The maximum atomic E-state index is 6.71. The standard InChI is InChI=1S/C68H61BN2O/c1-38-27-42(5)62(43(6)28-38)50-13-19-55(20-14-50)70-60-24-18-53(65-48(11)33-41(4)34-49(65)12)36-58(60)69-67-61(70)37-54-25-26-72-68(54)66(67)57-35-52(64-46(9)31-40(3)32-47(64)10)17-23-59(57)71(69)56-21-15-51(16-22-56)63-44(7)29-39(2)30-45(63)8/h13-37H,1-12H3. The van der Waals surface area contributed by atoms with Gasteiger partial charge in [-0.05, 0) is 238 Å². The van der Waals surface area contributed by atoms with E-state index in [2.05, 4.69) is 238 Å². The molecule has 10 aromatic rings. The van der Waals surface area contributed by atoms with E-state index in [0.29, 0.717) is 0 Å². The average Bonchev–Trinajstić information content (AvgIpc) is 3.79. The molecule has 0 fully saturated rings. The Hall–Kier alpha value is -7.82. The lowest BCUT2D eigenvalue weighted by atomic mass is 9.43. The second-order valence-electron chi connectivity index (χ2n) is 21.3. The van der Waals surface area contributed by atoms with E-state index in [1.807, 2.05) is 6.26 Å². The Kier molecular flexibility index (Phi) is 10.7. The Morgan fingerprint density at radius 1 is 0.347 bits per heavy atom. The summed E-state index contributed by atoms with van der Waals surface area (Å²) in [4.78, 5) is 5.16. The van der Waals surface area contributed by atoms with Crippen LogP contribution < -0.4 is 20.6 Å². The van der Waals surface area contributed by atoms with Gasteiger partial charge in [-0.3, -0.25) is 0 Å². The van der Waals surface area contributed by atoms with E-state index in [4.69, 9.17) is 4.42 Å².